The molecular formula is C17H21N3. The van der Waals surface area contributed by atoms with E-state index in [9.17, 15) is 0 Å². The second-order valence-corrected chi connectivity index (χ2v) is 5.47. The van der Waals surface area contributed by atoms with Gasteiger partial charge >= 0.3 is 0 Å². The number of pyridine rings is 1. The Morgan fingerprint density at radius 3 is 2.75 bits per heavy atom. The Morgan fingerprint density at radius 2 is 2.00 bits per heavy atom. The molecular weight excluding hydrogens is 246 g/mol. The number of nitrogens with one attached hydrogen (secondary N) is 1. The maximum atomic E-state index is 4.43. The minimum atomic E-state index is 0.403. The molecule has 2 atom stereocenters. The number of likely N-dealkylation sites (N-methyl/N-ethyl adjacent to an activating group) is 2. The number of nitrogens with zero attached hydrogens (tertiary/aromatic N) is 2. The molecule has 1 aliphatic carbocycles. The zero-order chi connectivity index (χ0) is 13.9. The van der Waals surface area contributed by atoms with Gasteiger partial charge in [-0.1, -0.05) is 30.3 Å². The van der Waals surface area contributed by atoms with Crippen molar-refractivity contribution in [2.45, 2.75) is 25.0 Å². The van der Waals surface area contributed by atoms with Gasteiger partial charge in [0.25, 0.3) is 0 Å². The minimum absolute atomic E-state index is 0.403. The average Bonchev–Trinajstić information content (AvgIpc) is 2.87. The van der Waals surface area contributed by atoms with Crippen molar-refractivity contribution in [1.82, 2.24) is 15.2 Å². The quantitative estimate of drug-likeness (QED) is 0.922. The summed E-state index contributed by atoms with van der Waals surface area (Å²) in [5, 5.41) is 3.47. The molecule has 3 nitrogen and oxygen atoms in total. The Balaban J connectivity index is 1.78. The molecule has 1 heterocycles. The van der Waals surface area contributed by atoms with Crippen molar-refractivity contribution in [2.24, 2.45) is 0 Å². The van der Waals surface area contributed by atoms with Crippen LogP contribution in [0, 0.1) is 0 Å². The summed E-state index contributed by atoms with van der Waals surface area (Å²) < 4.78 is 0. The maximum Gasteiger partial charge on any atom is 0.0543 e. The van der Waals surface area contributed by atoms with E-state index in [1.54, 1.807) is 0 Å². The first kappa shape index (κ1) is 13.3. The number of hydrogen-bond donors (Lipinski definition) is 1. The highest BCUT2D eigenvalue weighted by Gasteiger charge is 2.33. The predicted molar refractivity (Wildman–Crippen MR) is 81.4 cm³/mol. The number of fused-ring (bicyclic) bond motifs is 1. The highest BCUT2D eigenvalue weighted by Crippen LogP contribution is 2.34. The molecule has 3 heteroatoms. The molecule has 0 saturated carbocycles. The first-order valence-electron chi connectivity index (χ1n) is 7.15. The molecule has 0 saturated heterocycles. The summed E-state index contributed by atoms with van der Waals surface area (Å²) in [6, 6.07) is 15.7. The molecule has 104 valence electrons. The van der Waals surface area contributed by atoms with Crippen LogP contribution >= 0.6 is 0 Å². The fourth-order valence-electron chi connectivity index (χ4n) is 3.20. The lowest BCUT2D eigenvalue weighted by molar-refractivity contribution is 0.199. The lowest BCUT2D eigenvalue weighted by atomic mass is 10.1. The van der Waals surface area contributed by atoms with Crippen LogP contribution in [0.4, 0.5) is 0 Å². The second kappa shape index (κ2) is 5.73. The van der Waals surface area contributed by atoms with E-state index in [2.05, 4.69) is 58.6 Å². The molecule has 1 aromatic carbocycles. The molecule has 1 aromatic heterocycles. The molecule has 2 aromatic rings. The van der Waals surface area contributed by atoms with Crippen LogP contribution in [0.1, 0.15) is 22.9 Å². The van der Waals surface area contributed by atoms with Crippen molar-refractivity contribution >= 4 is 0 Å². The SMILES string of the molecule is CNC1c2ccccc2CC1N(C)Cc1ccccn1. The van der Waals surface area contributed by atoms with Crippen LogP contribution in [0.5, 0.6) is 0 Å². The van der Waals surface area contributed by atoms with E-state index in [-0.39, 0.29) is 0 Å². The van der Waals surface area contributed by atoms with Gasteiger partial charge in [-0.3, -0.25) is 9.88 Å². The molecule has 20 heavy (non-hydrogen) atoms. The van der Waals surface area contributed by atoms with Crippen LogP contribution in [0.3, 0.4) is 0 Å². The molecule has 0 radical (unpaired) electrons. The molecule has 0 bridgehead atoms. The van der Waals surface area contributed by atoms with E-state index >= 15 is 0 Å². The summed E-state index contributed by atoms with van der Waals surface area (Å²) in [6.07, 6.45) is 2.97. The highest BCUT2D eigenvalue weighted by atomic mass is 15.2. The Hall–Kier alpha value is -1.71. The Morgan fingerprint density at radius 1 is 1.20 bits per heavy atom. The summed E-state index contributed by atoms with van der Waals surface area (Å²) in [6.45, 7) is 0.887. The molecule has 0 spiro atoms. The highest BCUT2D eigenvalue weighted by molar-refractivity contribution is 5.37. The molecule has 1 N–H and O–H groups in total. The van der Waals surface area contributed by atoms with Crippen LogP contribution in [0.25, 0.3) is 0 Å². The van der Waals surface area contributed by atoms with Gasteiger partial charge in [-0.15, -0.1) is 0 Å². The average molecular weight is 267 g/mol. The fourth-order valence-corrected chi connectivity index (χ4v) is 3.20. The first-order chi connectivity index (χ1) is 9.79. The standard InChI is InChI=1S/C17H21N3/c1-18-17-15-9-4-3-7-13(15)11-16(17)20(2)12-14-8-5-6-10-19-14/h3-10,16-18H,11-12H2,1-2H3. The lowest BCUT2D eigenvalue weighted by Gasteiger charge is -2.29. The van der Waals surface area contributed by atoms with E-state index in [0.717, 1.165) is 18.7 Å². The summed E-state index contributed by atoms with van der Waals surface area (Å²) in [5.74, 6) is 0. The zero-order valence-electron chi connectivity index (χ0n) is 12.1. The summed E-state index contributed by atoms with van der Waals surface area (Å²) in [4.78, 5) is 6.83. The van der Waals surface area contributed by atoms with Crippen LogP contribution in [-0.4, -0.2) is 30.0 Å². The van der Waals surface area contributed by atoms with Crippen molar-refractivity contribution in [3.05, 3.63) is 65.5 Å². The van der Waals surface area contributed by atoms with E-state index < -0.39 is 0 Å². The Kier molecular flexibility index (Phi) is 3.81. The van der Waals surface area contributed by atoms with Gasteiger partial charge in [0.15, 0.2) is 0 Å². The lowest BCUT2D eigenvalue weighted by Crippen LogP contribution is -2.39. The van der Waals surface area contributed by atoms with Crippen molar-refractivity contribution in [3.8, 4) is 0 Å². The largest absolute Gasteiger partial charge is 0.312 e. The predicted octanol–water partition coefficient (Wildman–Crippen LogP) is 2.40. The monoisotopic (exact) mass is 267 g/mol. The van der Waals surface area contributed by atoms with Crippen molar-refractivity contribution in [1.29, 1.82) is 0 Å². The van der Waals surface area contributed by atoms with Gasteiger partial charge in [0.1, 0.15) is 0 Å². The van der Waals surface area contributed by atoms with Gasteiger partial charge in [0, 0.05) is 24.8 Å². The summed E-state index contributed by atoms with van der Waals surface area (Å²) in [7, 11) is 4.24. The number of hydrogen-bond acceptors (Lipinski definition) is 3. The van der Waals surface area contributed by atoms with Crippen molar-refractivity contribution < 1.29 is 0 Å². The summed E-state index contributed by atoms with van der Waals surface area (Å²) >= 11 is 0. The topological polar surface area (TPSA) is 28.2 Å². The molecule has 0 aliphatic heterocycles. The third-order valence-electron chi connectivity index (χ3n) is 4.22. The number of aromatic nitrogens is 1. The van der Waals surface area contributed by atoms with Gasteiger partial charge in [-0.2, -0.15) is 0 Å². The van der Waals surface area contributed by atoms with E-state index in [4.69, 9.17) is 0 Å². The van der Waals surface area contributed by atoms with Crippen LogP contribution in [0.15, 0.2) is 48.7 Å². The van der Waals surface area contributed by atoms with E-state index in [1.165, 1.54) is 11.1 Å². The van der Waals surface area contributed by atoms with Gasteiger partial charge in [0.05, 0.1) is 5.69 Å². The van der Waals surface area contributed by atoms with Crippen molar-refractivity contribution in [2.75, 3.05) is 14.1 Å². The normalized spacial score (nSPS) is 21.1. The molecule has 3 rings (SSSR count). The number of benzene rings is 1. The van der Waals surface area contributed by atoms with Gasteiger partial charge in [-0.05, 0) is 43.8 Å². The van der Waals surface area contributed by atoms with Gasteiger partial charge in [-0.25, -0.2) is 0 Å². The van der Waals surface area contributed by atoms with E-state index in [0.29, 0.717) is 12.1 Å². The van der Waals surface area contributed by atoms with Crippen molar-refractivity contribution in [3.63, 3.8) is 0 Å². The fraction of sp³-hybridized carbons (Fsp3) is 0.353. The Bertz CT molecular complexity index is 567. The molecule has 2 unspecified atom stereocenters. The molecule has 1 aliphatic rings. The first-order valence-corrected chi connectivity index (χ1v) is 7.15. The van der Waals surface area contributed by atoms with Crippen LogP contribution < -0.4 is 5.32 Å². The van der Waals surface area contributed by atoms with Gasteiger partial charge in [0.2, 0.25) is 0 Å². The van der Waals surface area contributed by atoms with Gasteiger partial charge < -0.3 is 5.32 Å². The Labute approximate surface area is 120 Å². The smallest absolute Gasteiger partial charge is 0.0543 e. The van der Waals surface area contributed by atoms with Crippen LogP contribution in [-0.2, 0) is 13.0 Å². The third kappa shape index (κ3) is 2.47. The summed E-state index contributed by atoms with van der Waals surface area (Å²) in [5.41, 5.74) is 4.03. The second-order valence-electron chi connectivity index (χ2n) is 5.47. The van der Waals surface area contributed by atoms with Crippen LogP contribution in [0.2, 0.25) is 0 Å². The maximum absolute atomic E-state index is 4.43. The van der Waals surface area contributed by atoms with E-state index in [1.807, 2.05) is 19.3 Å². The minimum Gasteiger partial charge on any atom is -0.312 e. The number of rotatable bonds is 4. The molecule has 0 fully saturated rings. The third-order valence-corrected chi connectivity index (χ3v) is 4.22. The zero-order valence-corrected chi connectivity index (χ0v) is 12.1. The molecule has 0 amide bonds.